The molecule has 1 N–H and O–H groups in total. The fourth-order valence-corrected chi connectivity index (χ4v) is 5.18. The van der Waals surface area contributed by atoms with Crippen LogP contribution in [0.25, 0.3) is 10.2 Å². The van der Waals surface area contributed by atoms with Gasteiger partial charge in [-0.3, -0.25) is 14.5 Å². The Kier molecular flexibility index (Phi) is 4.69. The van der Waals surface area contributed by atoms with Crippen molar-refractivity contribution in [2.75, 3.05) is 18.0 Å². The van der Waals surface area contributed by atoms with E-state index in [1.54, 1.807) is 4.90 Å². The molecule has 2 aromatic rings. The molecule has 4 rings (SSSR count). The molecule has 6 heteroatoms. The lowest BCUT2D eigenvalue weighted by Crippen LogP contribution is -2.44. The van der Waals surface area contributed by atoms with Crippen molar-refractivity contribution in [3.8, 4) is 0 Å². The van der Waals surface area contributed by atoms with E-state index in [4.69, 9.17) is 0 Å². The van der Waals surface area contributed by atoms with Gasteiger partial charge >= 0.3 is 0 Å². The van der Waals surface area contributed by atoms with Crippen molar-refractivity contribution < 1.29 is 9.59 Å². The molecule has 1 aromatic carbocycles. The lowest BCUT2D eigenvalue weighted by molar-refractivity contribution is -0.127. The summed E-state index contributed by atoms with van der Waals surface area (Å²) in [6.07, 6.45) is 6.30. The summed E-state index contributed by atoms with van der Waals surface area (Å²) in [4.78, 5) is 31.3. The van der Waals surface area contributed by atoms with E-state index >= 15 is 0 Å². The second-order valence-corrected chi connectivity index (χ2v) is 8.70. The first-order valence-electron chi connectivity index (χ1n) is 9.54. The van der Waals surface area contributed by atoms with Crippen molar-refractivity contribution in [1.82, 2.24) is 10.3 Å². The summed E-state index contributed by atoms with van der Waals surface area (Å²) in [6.45, 7) is 3.39. The molecule has 1 atom stereocenters. The predicted octanol–water partition coefficient (Wildman–Crippen LogP) is 3.74. The number of amides is 2. The summed E-state index contributed by atoms with van der Waals surface area (Å²) in [5, 5.41) is 3.84. The van der Waals surface area contributed by atoms with Gasteiger partial charge in [0.25, 0.3) is 0 Å². The van der Waals surface area contributed by atoms with Crippen LogP contribution in [0, 0.1) is 11.3 Å². The standard InChI is InChI=1S/C20H25N3O2S/c1-2-8-20(9-5-10-20)13-21-18(25)14-11-17(24)23(12-14)19-22-15-6-3-4-7-16(15)26-19/h3-4,6-7,14H,2,5,8-13H2,1H3,(H,21,25). The van der Waals surface area contributed by atoms with Gasteiger partial charge in [-0.1, -0.05) is 43.2 Å². The summed E-state index contributed by atoms with van der Waals surface area (Å²) in [7, 11) is 0. The Bertz CT molecular complexity index is 794. The van der Waals surface area contributed by atoms with Gasteiger partial charge in [-0.25, -0.2) is 4.98 Å². The van der Waals surface area contributed by atoms with Gasteiger partial charge in [0.05, 0.1) is 16.1 Å². The van der Waals surface area contributed by atoms with Gasteiger partial charge in [0.15, 0.2) is 5.13 Å². The Morgan fingerprint density at radius 2 is 2.19 bits per heavy atom. The van der Waals surface area contributed by atoms with Gasteiger partial charge in [0.2, 0.25) is 11.8 Å². The van der Waals surface area contributed by atoms with Crippen LogP contribution in [0.3, 0.4) is 0 Å². The van der Waals surface area contributed by atoms with Crippen molar-refractivity contribution >= 4 is 38.5 Å². The number of anilines is 1. The van der Waals surface area contributed by atoms with Gasteiger partial charge in [-0.15, -0.1) is 0 Å². The second-order valence-electron chi connectivity index (χ2n) is 7.69. The molecular formula is C20H25N3O2S. The average Bonchev–Trinajstić information content (AvgIpc) is 3.20. The number of nitrogens with zero attached hydrogens (tertiary/aromatic N) is 2. The molecule has 138 valence electrons. The third-order valence-electron chi connectivity index (χ3n) is 5.84. The van der Waals surface area contributed by atoms with Crippen LogP contribution in [-0.4, -0.2) is 29.9 Å². The smallest absolute Gasteiger partial charge is 0.229 e. The Balaban J connectivity index is 1.40. The van der Waals surface area contributed by atoms with Gasteiger partial charge in [-0.2, -0.15) is 0 Å². The van der Waals surface area contributed by atoms with Crippen molar-refractivity contribution in [1.29, 1.82) is 0 Å². The van der Waals surface area contributed by atoms with E-state index in [-0.39, 0.29) is 24.2 Å². The van der Waals surface area contributed by atoms with Gasteiger partial charge < -0.3 is 5.32 Å². The van der Waals surface area contributed by atoms with Crippen LogP contribution in [0.1, 0.15) is 45.4 Å². The molecule has 26 heavy (non-hydrogen) atoms. The third kappa shape index (κ3) is 3.22. The molecule has 1 saturated carbocycles. The number of hydrogen-bond donors (Lipinski definition) is 1. The first-order chi connectivity index (χ1) is 12.6. The largest absolute Gasteiger partial charge is 0.355 e. The molecule has 1 aliphatic heterocycles. The fraction of sp³-hybridized carbons (Fsp3) is 0.550. The first kappa shape index (κ1) is 17.5. The molecular weight excluding hydrogens is 346 g/mol. The summed E-state index contributed by atoms with van der Waals surface area (Å²) < 4.78 is 1.06. The highest BCUT2D eigenvalue weighted by Gasteiger charge is 2.39. The van der Waals surface area contributed by atoms with Gasteiger partial charge in [-0.05, 0) is 36.8 Å². The molecule has 2 heterocycles. The number of carbonyl (C=O) groups is 2. The highest BCUT2D eigenvalue weighted by Crippen LogP contribution is 2.44. The Morgan fingerprint density at radius 3 is 2.88 bits per heavy atom. The van der Waals surface area contributed by atoms with E-state index in [1.165, 1.54) is 37.0 Å². The Hall–Kier alpha value is -1.95. The minimum Gasteiger partial charge on any atom is -0.355 e. The minimum atomic E-state index is -0.270. The number of carbonyl (C=O) groups excluding carboxylic acids is 2. The quantitative estimate of drug-likeness (QED) is 0.841. The Labute approximate surface area is 157 Å². The normalized spacial score (nSPS) is 21.8. The van der Waals surface area contributed by atoms with Crippen LogP contribution in [-0.2, 0) is 9.59 Å². The van der Waals surface area contributed by atoms with Crippen LogP contribution in [0.4, 0.5) is 5.13 Å². The van der Waals surface area contributed by atoms with Crippen molar-refractivity contribution in [2.24, 2.45) is 11.3 Å². The zero-order valence-corrected chi connectivity index (χ0v) is 16.0. The summed E-state index contributed by atoms with van der Waals surface area (Å²) in [5.74, 6) is -0.256. The summed E-state index contributed by atoms with van der Waals surface area (Å²) >= 11 is 1.51. The van der Waals surface area contributed by atoms with Crippen LogP contribution in [0.5, 0.6) is 0 Å². The summed E-state index contributed by atoms with van der Waals surface area (Å²) in [6, 6.07) is 7.87. The maximum absolute atomic E-state index is 12.6. The first-order valence-corrected chi connectivity index (χ1v) is 10.4. The molecule has 2 amide bonds. The number of benzene rings is 1. The maximum atomic E-state index is 12.6. The number of nitrogens with one attached hydrogen (secondary N) is 1. The third-order valence-corrected chi connectivity index (χ3v) is 6.90. The van der Waals surface area contributed by atoms with E-state index < -0.39 is 0 Å². The lowest BCUT2D eigenvalue weighted by atomic mass is 9.66. The van der Waals surface area contributed by atoms with Crippen LogP contribution < -0.4 is 10.2 Å². The Morgan fingerprint density at radius 1 is 1.38 bits per heavy atom. The van der Waals surface area contributed by atoms with Gasteiger partial charge in [0, 0.05) is 19.5 Å². The van der Waals surface area contributed by atoms with Crippen molar-refractivity contribution in [3.05, 3.63) is 24.3 Å². The second kappa shape index (κ2) is 6.99. The average molecular weight is 372 g/mol. The molecule has 1 aromatic heterocycles. The zero-order valence-electron chi connectivity index (χ0n) is 15.2. The molecule has 2 fully saturated rings. The van der Waals surface area contributed by atoms with E-state index in [2.05, 4.69) is 17.2 Å². The van der Waals surface area contributed by atoms with E-state index in [9.17, 15) is 9.59 Å². The topological polar surface area (TPSA) is 62.3 Å². The fourth-order valence-electron chi connectivity index (χ4n) is 4.18. The number of aromatic nitrogens is 1. The molecule has 0 radical (unpaired) electrons. The molecule has 2 aliphatic rings. The molecule has 5 nitrogen and oxygen atoms in total. The van der Waals surface area contributed by atoms with E-state index in [0.717, 1.165) is 23.2 Å². The number of rotatable bonds is 6. The number of fused-ring (bicyclic) bond motifs is 1. The predicted molar refractivity (Wildman–Crippen MR) is 104 cm³/mol. The van der Waals surface area contributed by atoms with Crippen molar-refractivity contribution in [3.63, 3.8) is 0 Å². The summed E-state index contributed by atoms with van der Waals surface area (Å²) in [5.41, 5.74) is 1.21. The molecule has 0 bridgehead atoms. The van der Waals surface area contributed by atoms with Crippen LogP contribution in [0.2, 0.25) is 0 Å². The monoisotopic (exact) mass is 371 g/mol. The van der Waals surface area contributed by atoms with E-state index in [0.29, 0.717) is 17.1 Å². The zero-order chi connectivity index (χ0) is 18.1. The lowest BCUT2D eigenvalue weighted by Gasteiger charge is -2.42. The molecule has 1 aliphatic carbocycles. The van der Waals surface area contributed by atoms with Gasteiger partial charge in [0.1, 0.15) is 0 Å². The number of thiazole rings is 1. The molecule has 1 unspecified atom stereocenters. The maximum Gasteiger partial charge on any atom is 0.229 e. The number of hydrogen-bond acceptors (Lipinski definition) is 4. The van der Waals surface area contributed by atoms with E-state index in [1.807, 2.05) is 24.3 Å². The molecule has 1 saturated heterocycles. The van der Waals surface area contributed by atoms with Crippen LogP contribution >= 0.6 is 11.3 Å². The minimum absolute atomic E-state index is 0.00359. The molecule has 0 spiro atoms. The van der Waals surface area contributed by atoms with Crippen molar-refractivity contribution in [2.45, 2.75) is 45.4 Å². The number of para-hydroxylation sites is 1. The SMILES string of the molecule is CCCC1(CNC(=O)C2CC(=O)N(c3nc4ccccc4s3)C2)CCC1. The van der Waals surface area contributed by atoms with Crippen LogP contribution in [0.15, 0.2) is 24.3 Å². The highest BCUT2D eigenvalue weighted by atomic mass is 32.1. The highest BCUT2D eigenvalue weighted by molar-refractivity contribution is 7.22.